The van der Waals surface area contributed by atoms with Crippen LogP contribution in [0.15, 0.2) is 0 Å². The van der Waals surface area contributed by atoms with Crippen LogP contribution in [0.5, 0.6) is 0 Å². The highest BCUT2D eigenvalue weighted by molar-refractivity contribution is 7.47. The van der Waals surface area contributed by atoms with Crippen molar-refractivity contribution in [1.82, 2.24) is 0 Å². The van der Waals surface area contributed by atoms with Crippen molar-refractivity contribution in [1.29, 1.82) is 0 Å². The van der Waals surface area contributed by atoms with Crippen LogP contribution in [0, 0.1) is 0 Å². The average Bonchev–Trinajstić information content (AvgIpc) is 3.33. The van der Waals surface area contributed by atoms with E-state index in [0.29, 0.717) is 12.8 Å². The maximum Gasteiger partial charge on any atom is 0.472 e. The van der Waals surface area contributed by atoms with E-state index in [1.807, 2.05) is 0 Å². The van der Waals surface area contributed by atoms with E-state index in [2.05, 4.69) is 0 Å². The zero-order valence-corrected chi connectivity index (χ0v) is 20.6. The van der Waals surface area contributed by atoms with Gasteiger partial charge in [0.15, 0.2) is 0 Å². The number of phosphoric acid groups is 2. The van der Waals surface area contributed by atoms with Gasteiger partial charge >= 0.3 is 15.6 Å². The number of aliphatic hydroxyl groups is 2. The van der Waals surface area contributed by atoms with Crippen molar-refractivity contribution in [2.75, 3.05) is 19.8 Å². The summed E-state index contributed by atoms with van der Waals surface area (Å²) in [4.78, 5) is 20.2. The lowest BCUT2D eigenvalue weighted by Gasteiger charge is -2.24. The quantitative estimate of drug-likeness (QED) is 0.282. The standard InChI is InChI=1S/C18H34O13P2/c1-10-4-13(20)17(28-10)8-25-32(21,22)31-15-6-12(3)29-18(15)9-26-33(23,24)30-14-5-11(2)27-16(14)7-19/h10-20H,4-9H2,1-3H3,(H,21,22)(H,23,24)/t10?,11?,12?,13?,14?,15?,16-,17-,18-/m1/s1. The van der Waals surface area contributed by atoms with E-state index in [9.17, 15) is 29.1 Å². The molecule has 3 rings (SSSR count). The number of hydrogen-bond acceptors (Lipinski definition) is 11. The van der Waals surface area contributed by atoms with Gasteiger partial charge in [0.2, 0.25) is 0 Å². The Morgan fingerprint density at radius 2 is 1.18 bits per heavy atom. The third-order valence-corrected chi connectivity index (χ3v) is 7.73. The molecule has 8 unspecified atom stereocenters. The first-order chi connectivity index (χ1) is 15.4. The normalized spacial score (nSPS) is 42.9. The Labute approximate surface area is 192 Å². The van der Waals surface area contributed by atoms with Crippen molar-refractivity contribution in [3.8, 4) is 0 Å². The van der Waals surface area contributed by atoms with Gasteiger partial charge in [-0.15, -0.1) is 0 Å². The molecule has 33 heavy (non-hydrogen) atoms. The molecule has 3 aliphatic heterocycles. The van der Waals surface area contributed by atoms with Gasteiger partial charge in [0.25, 0.3) is 0 Å². The van der Waals surface area contributed by atoms with Crippen LogP contribution in [0.2, 0.25) is 0 Å². The molecular weight excluding hydrogens is 486 g/mol. The molecule has 13 nitrogen and oxygen atoms in total. The third-order valence-electron chi connectivity index (χ3n) is 5.70. The van der Waals surface area contributed by atoms with Crippen molar-refractivity contribution < 1.29 is 61.4 Å². The van der Waals surface area contributed by atoms with Crippen LogP contribution in [0.3, 0.4) is 0 Å². The Morgan fingerprint density at radius 3 is 1.67 bits per heavy atom. The van der Waals surface area contributed by atoms with Gasteiger partial charge in [-0.1, -0.05) is 0 Å². The molecule has 3 saturated heterocycles. The lowest BCUT2D eigenvalue weighted by molar-refractivity contribution is -0.0410. The molecule has 0 aromatic heterocycles. The summed E-state index contributed by atoms with van der Waals surface area (Å²) in [6, 6.07) is 0. The van der Waals surface area contributed by atoms with E-state index in [1.165, 1.54) is 0 Å². The predicted octanol–water partition coefficient (Wildman–Crippen LogP) is 0.876. The Morgan fingerprint density at radius 1 is 0.758 bits per heavy atom. The fourth-order valence-electron chi connectivity index (χ4n) is 4.20. The Bertz CT molecular complexity index is 738. The summed E-state index contributed by atoms with van der Waals surface area (Å²) < 4.78 is 61.6. The molecule has 15 heteroatoms. The first-order valence-corrected chi connectivity index (χ1v) is 13.9. The first kappa shape index (κ1) is 27.6. The summed E-state index contributed by atoms with van der Waals surface area (Å²) in [5, 5.41) is 19.2. The smallest absolute Gasteiger partial charge is 0.394 e. The molecule has 0 aromatic carbocycles. The zero-order chi connectivity index (χ0) is 24.4. The van der Waals surface area contributed by atoms with E-state index in [-0.39, 0.29) is 37.9 Å². The summed E-state index contributed by atoms with van der Waals surface area (Å²) in [6.07, 6.45) is -4.90. The molecule has 11 atom stereocenters. The molecule has 0 aromatic rings. The summed E-state index contributed by atoms with van der Waals surface area (Å²) in [5.74, 6) is 0. The van der Waals surface area contributed by atoms with Gasteiger partial charge in [0.1, 0.15) is 30.5 Å². The Balaban J connectivity index is 1.50. The first-order valence-electron chi connectivity index (χ1n) is 10.9. The van der Waals surface area contributed by atoms with E-state index in [4.69, 9.17) is 32.3 Å². The largest absolute Gasteiger partial charge is 0.472 e. The predicted molar refractivity (Wildman–Crippen MR) is 111 cm³/mol. The number of aliphatic hydroxyl groups excluding tert-OH is 2. The molecule has 3 aliphatic rings. The average molecular weight is 520 g/mol. The maximum atomic E-state index is 12.4. The van der Waals surface area contributed by atoms with E-state index in [1.54, 1.807) is 20.8 Å². The summed E-state index contributed by atoms with van der Waals surface area (Å²) >= 11 is 0. The topological polar surface area (TPSA) is 180 Å². The summed E-state index contributed by atoms with van der Waals surface area (Å²) in [5.41, 5.74) is 0. The van der Waals surface area contributed by atoms with E-state index >= 15 is 0 Å². The molecular formula is C18H34O13P2. The van der Waals surface area contributed by atoms with Crippen LogP contribution in [-0.2, 0) is 41.4 Å². The molecule has 0 bridgehead atoms. The lowest BCUT2D eigenvalue weighted by atomic mass is 10.1. The minimum atomic E-state index is -4.55. The van der Waals surface area contributed by atoms with E-state index < -0.39 is 58.9 Å². The molecule has 194 valence electrons. The number of phosphoric ester groups is 2. The molecule has 4 N–H and O–H groups in total. The van der Waals surface area contributed by atoms with Gasteiger partial charge in [-0.2, -0.15) is 0 Å². The van der Waals surface area contributed by atoms with Crippen molar-refractivity contribution >= 4 is 15.6 Å². The van der Waals surface area contributed by atoms with Gasteiger partial charge in [-0.3, -0.25) is 18.1 Å². The fourth-order valence-corrected chi connectivity index (χ4v) is 6.12. The minimum absolute atomic E-state index is 0.193. The summed E-state index contributed by atoms with van der Waals surface area (Å²) in [6.45, 7) is 4.08. The Hall–Kier alpha value is 0.0200. The second-order valence-electron chi connectivity index (χ2n) is 8.73. The SMILES string of the molecule is CC1CC(O)[C@@H](COP(=O)(O)OC2CC(C)O[C@@H]2COP(=O)(O)OC2CC(C)O[C@@H]2CO)O1. The van der Waals surface area contributed by atoms with Crippen LogP contribution < -0.4 is 0 Å². The molecule has 3 fully saturated rings. The van der Waals surface area contributed by atoms with Crippen LogP contribution in [0.1, 0.15) is 40.0 Å². The minimum Gasteiger partial charge on any atom is -0.394 e. The molecule has 0 saturated carbocycles. The van der Waals surface area contributed by atoms with Crippen molar-refractivity contribution in [2.45, 2.75) is 95.0 Å². The highest BCUT2D eigenvalue weighted by Crippen LogP contribution is 2.50. The van der Waals surface area contributed by atoms with Crippen LogP contribution in [0.25, 0.3) is 0 Å². The molecule has 0 amide bonds. The third kappa shape index (κ3) is 8.01. The maximum absolute atomic E-state index is 12.4. The van der Waals surface area contributed by atoms with Crippen LogP contribution in [0.4, 0.5) is 0 Å². The molecule has 0 radical (unpaired) electrons. The summed E-state index contributed by atoms with van der Waals surface area (Å²) in [7, 11) is -9.09. The number of hydrogen-bond donors (Lipinski definition) is 4. The highest BCUT2D eigenvalue weighted by atomic mass is 31.2. The zero-order valence-electron chi connectivity index (χ0n) is 18.8. The molecule has 0 aliphatic carbocycles. The second kappa shape index (κ2) is 11.4. The monoisotopic (exact) mass is 520 g/mol. The number of rotatable bonds is 11. The lowest BCUT2D eigenvalue weighted by Crippen LogP contribution is -2.31. The fraction of sp³-hybridized carbons (Fsp3) is 1.00. The van der Waals surface area contributed by atoms with Crippen LogP contribution in [-0.4, -0.2) is 94.8 Å². The van der Waals surface area contributed by atoms with Gasteiger partial charge in [-0.25, -0.2) is 9.13 Å². The van der Waals surface area contributed by atoms with Crippen molar-refractivity contribution in [2.24, 2.45) is 0 Å². The van der Waals surface area contributed by atoms with Crippen molar-refractivity contribution in [3.63, 3.8) is 0 Å². The number of ether oxygens (including phenoxy) is 3. The Kier molecular flexibility index (Phi) is 9.52. The van der Waals surface area contributed by atoms with Crippen molar-refractivity contribution in [3.05, 3.63) is 0 Å². The molecule has 0 spiro atoms. The van der Waals surface area contributed by atoms with Gasteiger partial charge < -0.3 is 34.2 Å². The van der Waals surface area contributed by atoms with Gasteiger partial charge in [0, 0.05) is 19.3 Å². The van der Waals surface area contributed by atoms with E-state index in [0.717, 1.165) is 0 Å². The second-order valence-corrected chi connectivity index (χ2v) is 11.5. The van der Waals surface area contributed by atoms with Crippen LogP contribution >= 0.6 is 15.6 Å². The van der Waals surface area contributed by atoms with Gasteiger partial charge in [-0.05, 0) is 20.8 Å². The van der Waals surface area contributed by atoms with Gasteiger partial charge in [0.05, 0.1) is 44.2 Å². The molecule has 3 heterocycles. The highest BCUT2D eigenvalue weighted by Gasteiger charge is 2.43.